The number of rotatable bonds is 7. The molecule has 0 aliphatic heterocycles. The van der Waals surface area contributed by atoms with Gasteiger partial charge in [0.25, 0.3) is 0 Å². The van der Waals surface area contributed by atoms with Gasteiger partial charge < -0.3 is 5.32 Å². The van der Waals surface area contributed by atoms with Crippen LogP contribution in [0.4, 0.5) is 0 Å². The fraction of sp³-hybridized carbons (Fsp3) is 0.529. The maximum absolute atomic E-state index is 4.54. The highest BCUT2D eigenvalue weighted by molar-refractivity contribution is 5.21. The van der Waals surface area contributed by atoms with Gasteiger partial charge >= 0.3 is 0 Å². The minimum atomic E-state index is 0.290. The lowest BCUT2D eigenvalue weighted by Gasteiger charge is -2.19. The number of aromatic nitrogens is 3. The summed E-state index contributed by atoms with van der Waals surface area (Å²) in [5.41, 5.74) is 4.72. The first-order chi connectivity index (χ1) is 10.1. The van der Waals surface area contributed by atoms with Gasteiger partial charge in [-0.1, -0.05) is 19.9 Å². The van der Waals surface area contributed by atoms with Crippen molar-refractivity contribution in [3.05, 3.63) is 47.0 Å². The third-order valence-corrected chi connectivity index (χ3v) is 3.78. The van der Waals surface area contributed by atoms with Crippen LogP contribution in [-0.2, 0) is 19.9 Å². The fourth-order valence-electron chi connectivity index (χ4n) is 2.46. The number of hydrogen-bond donors (Lipinski definition) is 1. The van der Waals surface area contributed by atoms with Crippen LogP contribution >= 0.6 is 0 Å². The second-order valence-corrected chi connectivity index (χ2v) is 5.55. The van der Waals surface area contributed by atoms with Crippen molar-refractivity contribution in [2.24, 2.45) is 7.05 Å². The molecule has 0 amide bonds. The van der Waals surface area contributed by atoms with Crippen molar-refractivity contribution in [2.75, 3.05) is 6.54 Å². The van der Waals surface area contributed by atoms with Crippen LogP contribution in [-0.4, -0.2) is 21.3 Å². The van der Waals surface area contributed by atoms with Gasteiger partial charge in [0.2, 0.25) is 0 Å². The highest BCUT2D eigenvalue weighted by Crippen LogP contribution is 2.19. The first-order valence-corrected chi connectivity index (χ1v) is 7.81. The van der Waals surface area contributed by atoms with Crippen molar-refractivity contribution in [1.82, 2.24) is 20.1 Å². The van der Waals surface area contributed by atoms with Crippen LogP contribution in [0.15, 0.2) is 24.4 Å². The van der Waals surface area contributed by atoms with Gasteiger partial charge in [0, 0.05) is 37.1 Å². The second-order valence-electron chi connectivity index (χ2n) is 5.55. The summed E-state index contributed by atoms with van der Waals surface area (Å²) in [4.78, 5) is 4.43. The largest absolute Gasteiger partial charge is 0.310 e. The van der Waals surface area contributed by atoms with Crippen molar-refractivity contribution >= 4 is 0 Å². The predicted molar refractivity (Wildman–Crippen MR) is 86.3 cm³/mol. The lowest BCUT2D eigenvalue weighted by Crippen LogP contribution is -2.25. The van der Waals surface area contributed by atoms with E-state index in [1.54, 1.807) is 0 Å². The Balaban J connectivity index is 2.19. The molecule has 0 saturated carbocycles. The summed E-state index contributed by atoms with van der Waals surface area (Å²) in [6.45, 7) is 7.36. The maximum atomic E-state index is 4.54. The molecule has 0 spiro atoms. The molecule has 0 saturated heterocycles. The quantitative estimate of drug-likeness (QED) is 0.851. The Morgan fingerprint density at radius 1 is 1.29 bits per heavy atom. The molecule has 0 aliphatic rings. The average molecular weight is 286 g/mol. The Kier molecular flexibility index (Phi) is 5.51. The Morgan fingerprint density at radius 3 is 2.67 bits per heavy atom. The Bertz CT molecular complexity index is 557. The van der Waals surface area contributed by atoms with Crippen LogP contribution in [0.2, 0.25) is 0 Å². The minimum absolute atomic E-state index is 0.290. The summed E-state index contributed by atoms with van der Waals surface area (Å²) in [5.74, 6) is 0. The molecule has 0 aliphatic carbocycles. The average Bonchev–Trinajstić information content (AvgIpc) is 2.85. The highest BCUT2D eigenvalue weighted by atomic mass is 15.3. The number of hydrogen-bond acceptors (Lipinski definition) is 3. The zero-order chi connectivity index (χ0) is 15.2. The van der Waals surface area contributed by atoms with Gasteiger partial charge in [0.15, 0.2) is 0 Å². The Labute approximate surface area is 127 Å². The van der Waals surface area contributed by atoms with Crippen LogP contribution < -0.4 is 5.32 Å². The predicted octanol–water partition coefficient (Wildman–Crippen LogP) is 2.97. The molecular formula is C17H26N4. The lowest BCUT2D eigenvalue weighted by molar-refractivity contribution is 0.511. The van der Waals surface area contributed by atoms with Gasteiger partial charge in [-0.25, -0.2) is 0 Å². The van der Waals surface area contributed by atoms with E-state index in [1.807, 2.05) is 24.9 Å². The molecule has 1 N–H and O–H groups in total. The molecule has 0 fully saturated rings. The molecule has 21 heavy (non-hydrogen) atoms. The topological polar surface area (TPSA) is 42.7 Å². The molecule has 4 heteroatoms. The van der Waals surface area contributed by atoms with Crippen LogP contribution in [0.25, 0.3) is 0 Å². The molecule has 1 unspecified atom stereocenters. The van der Waals surface area contributed by atoms with Crippen LogP contribution in [0, 0.1) is 6.92 Å². The van der Waals surface area contributed by atoms with Crippen molar-refractivity contribution in [3.8, 4) is 0 Å². The zero-order valence-electron chi connectivity index (χ0n) is 13.6. The maximum Gasteiger partial charge on any atom is 0.0624 e. The molecule has 1 atom stereocenters. The molecule has 114 valence electrons. The SMILES string of the molecule is CCCNC(Cc1cc(CC)nn1C)c1ccc(C)nc1. The zero-order valence-corrected chi connectivity index (χ0v) is 13.6. The fourth-order valence-corrected chi connectivity index (χ4v) is 2.46. The van der Waals surface area contributed by atoms with E-state index < -0.39 is 0 Å². The third kappa shape index (κ3) is 4.14. The molecule has 0 bridgehead atoms. The first kappa shape index (κ1) is 15.7. The third-order valence-electron chi connectivity index (χ3n) is 3.78. The van der Waals surface area contributed by atoms with Gasteiger partial charge in [-0.3, -0.25) is 9.67 Å². The van der Waals surface area contributed by atoms with E-state index in [1.165, 1.54) is 11.3 Å². The number of aryl methyl sites for hydroxylation is 3. The first-order valence-electron chi connectivity index (χ1n) is 7.81. The van der Waals surface area contributed by atoms with E-state index in [2.05, 4.69) is 47.4 Å². The molecule has 4 nitrogen and oxygen atoms in total. The standard InChI is InChI=1S/C17H26N4/c1-5-9-18-17(14-8-7-13(3)19-12-14)11-16-10-15(6-2)20-21(16)4/h7-8,10,12,17-18H,5-6,9,11H2,1-4H3. The Morgan fingerprint density at radius 2 is 2.10 bits per heavy atom. The molecule has 2 aromatic rings. The molecular weight excluding hydrogens is 260 g/mol. The number of nitrogens with zero attached hydrogens (tertiary/aromatic N) is 3. The van der Waals surface area contributed by atoms with E-state index in [0.29, 0.717) is 0 Å². The van der Waals surface area contributed by atoms with Gasteiger partial charge in [0.1, 0.15) is 0 Å². The summed E-state index contributed by atoms with van der Waals surface area (Å²) >= 11 is 0. The minimum Gasteiger partial charge on any atom is -0.310 e. The highest BCUT2D eigenvalue weighted by Gasteiger charge is 2.15. The summed E-state index contributed by atoms with van der Waals surface area (Å²) in [5, 5.41) is 8.17. The molecule has 0 radical (unpaired) electrons. The van der Waals surface area contributed by atoms with Crippen molar-refractivity contribution in [2.45, 2.75) is 46.1 Å². The van der Waals surface area contributed by atoms with Crippen molar-refractivity contribution in [1.29, 1.82) is 0 Å². The summed E-state index contributed by atoms with van der Waals surface area (Å²) in [6.07, 6.45) is 5.03. The molecule has 2 heterocycles. The van der Waals surface area contributed by atoms with Crippen molar-refractivity contribution in [3.63, 3.8) is 0 Å². The summed E-state index contributed by atoms with van der Waals surface area (Å²) in [7, 11) is 2.03. The van der Waals surface area contributed by atoms with Crippen molar-refractivity contribution < 1.29 is 0 Å². The van der Waals surface area contributed by atoms with Crippen LogP contribution in [0.1, 0.15) is 49.0 Å². The van der Waals surface area contributed by atoms with Gasteiger partial charge in [-0.05, 0) is 44.0 Å². The van der Waals surface area contributed by atoms with E-state index >= 15 is 0 Å². The molecule has 2 aromatic heterocycles. The number of pyridine rings is 1. The van der Waals surface area contributed by atoms with Gasteiger partial charge in [-0.15, -0.1) is 0 Å². The Hall–Kier alpha value is -1.68. The normalized spacial score (nSPS) is 12.6. The second kappa shape index (κ2) is 7.36. The van der Waals surface area contributed by atoms with Crippen LogP contribution in [0.3, 0.4) is 0 Å². The molecule has 2 rings (SSSR count). The van der Waals surface area contributed by atoms with E-state index in [9.17, 15) is 0 Å². The van der Waals surface area contributed by atoms with Crippen LogP contribution in [0.5, 0.6) is 0 Å². The monoisotopic (exact) mass is 286 g/mol. The summed E-state index contributed by atoms with van der Waals surface area (Å²) < 4.78 is 2.00. The van der Waals surface area contributed by atoms with E-state index in [4.69, 9.17) is 0 Å². The number of nitrogens with one attached hydrogen (secondary N) is 1. The smallest absolute Gasteiger partial charge is 0.0624 e. The summed E-state index contributed by atoms with van der Waals surface area (Å²) in [6, 6.07) is 6.75. The molecule has 0 aromatic carbocycles. The van der Waals surface area contributed by atoms with Gasteiger partial charge in [-0.2, -0.15) is 5.10 Å². The van der Waals surface area contributed by atoms with E-state index in [0.717, 1.165) is 37.2 Å². The van der Waals surface area contributed by atoms with E-state index in [-0.39, 0.29) is 6.04 Å². The van der Waals surface area contributed by atoms with Gasteiger partial charge in [0.05, 0.1) is 5.69 Å². The lowest BCUT2D eigenvalue weighted by atomic mass is 10.0.